The zero-order chi connectivity index (χ0) is 21.5. The maximum absolute atomic E-state index is 12.4. The van der Waals surface area contributed by atoms with Crippen LogP contribution in [-0.2, 0) is 22.7 Å². The van der Waals surface area contributed by atoms with Crippen molar-refractivity contribution in [3.05, 3.63) is 52.7 Å². The van der Waals surface area contributed by atoms with Crippen molar-refractivity contribution in [2.45, 2.75) is 32.2 Å². The average molecular weight is 447 g/mol. The van der Waals surface area contributed by atoms with E-state index in [0.29, 0.717) is 28.1 Å². The van der Waals surface area contributed by atoms with Crippen LogP contribution in [0.4, 0.5) is 5.00 Å². The van der Waals surface area contributed by atoms with Gasteiger partial charge in [-0.2, -0.15) is 0 Å². The summed E-state index contributed by atoms with van der Waals surface area (Å²) < 4.78 is 12.4. The molecule has 8 nitrogen and oxygen atoms in total. The van der Waals surface area contributed by atoms with E-state index in [0.717, 1.165) is 10.6 Å². The van der Waals surface area contributed by atoms with Gasteiger partial charge < -0.3 is 19.4 Å². The Balaban J connectivity index is 1.60. The van der Waals surface area contributed by atoms with E-state index >= 15 is 0 Å². The van der Waals surface area contributed by atoms with Crippen molar-refractivity contribution < 1.29 is 19.1 Å². The molecule has 3 rings (SSSR count). The molecule has 2 heterocycles. The first-order valence-corrected chi connectivity index (χ1v) is 11.0. The number of hydrogen-bond acceptors (Lipinski definition) is 8. The molecule has 158 valence electrons. The molecule has 3 aromatic rings. The molecule has 0 bridgehead atoms. The molecule has 0 spiro atoms. The summed E-state index contributed by atoms with van der Waals surface area (Å²) in [5.41, 5.74) is 0.357. The lowest BCUT2D eigenvalue weighted by molar-refractivity contribution is -0.113. The van der Waals surface area contributed by atoms with Gasteiger partial charge in [0.05, 0.1) is 18.4 Å². The Labute approximate surface area is 182 Å². The molecule has 0 fully saturated rings. The molecule has 0 saturated heterocycles. The topological polar surface area (TPSA) is 95.3 Å². The standard InChI is InChI=1S/C20H22N4O4S2/c1-4-24-16(11-28-14-8-6-5-7-9-14)22-23-20(24)29-12-17(25)21-18-15(19(26)27-3)10-13(2)30-18/h5-10H,4,11-12H2,1-3H3,(H,21,25). The number of nitrogens with one attached hydrogen (secondary N) is 1. The van der Waals surface area contributed by atoms with Gasteiger partial charge in [-0.15, -0.1) is 21.5 Å². The second kappa shape index (κ2) is 10.3. The van der Waals surface area contributed by atoms with Gasteiger partial charge in [0.15, 0.2) is 11.0 Å². The molecule has 10 heteroatoms. The summed E-state index contributed by atoms with van der Waals surface area (Å²) in [4.78, 5) is 25.2. The van der Waals surface area contributed by atoms with Gasteiger partial charge in [-0.25, -0.2) is 4.79 Å². The minimum absolute atomic E-state index is 0.134. The Morgan fingerprint density at radius 2 is 2.00 bits per heavy atom. The van der Waals surface area contributed by atoms with Crippen molar-refractivity contribution in [2.24, 2.45) is 0 Å². The fraction of sp³-hybridized carbons (Fsp3) is 0.300. The Hall–Kier alpha value is -2.85. The van der Waals surface area contributed by atoms with Crippen LogP contribution < -0.4 is 10.1 Å². The zero-order valence-electron chi connectivity index (χ0n) is 16.9. The van der Waals surface area contributed by atoms with Crippen LogP contribution in [0.1, 0.15) is 28.0 Å². The van der Waals surface area contributed by atoms with Gasteiger partial charge in [-0.1, -0.05) is 30.0 Å². The summed E-state index contributed by atoms with van der Waals surface area (Å²) in [5, 5.41) is 12.3. The molecule has 2 aromatic heterocycles. The number of benzene rings is 1. The molecule has 0 unspecified atom stereocenters. The van der Waals surface area contributed by atoms with Crippen LogP contribution in [-0.4, -0.2) is 39.5 Å². The Kier molecular flexibility index (Phi) is 7.47. The first-order chi connectivity index (χ1) is 14.5. The highest BCUT2D eigenvalue weighted by Gasteiger charge is 2.18. The number of para-hydroxylation sites is 1. The van der Waals surface area contributed by atoms with Gasteiger partial charge >= 0.3 is 5.97 Å². The Morgan fingerprint density at radius 1 is 1.23 bits per heavy atom. The number of anilines is 1. The highest BCUT2D eigenvalue weighted by molar-refractivity contribution is 7.99. The summed E-state index contributed by atoms with van der Waals surface area (Å²) in [6, 6.07) is 11.2. The van der Waals surface area contributed by atoms with E-state index in [1.165, 1.54) is 30.2 Å². The molecule has 0 saturated carbocycles. The predicted molar refractivity (Wildman–Crippen MR) is 116 cm³/mol. The van der Waals surface area contributed by atoms with Crippen LogP contribution >= 0.6 is 23.1 Å². The van der Waals surface area contributed by atoms with E-state index < -0.39 is 5.97 Å². The van der Waals surface area contributed by atoms with Crippen LogP contribution in [0, 0.1) is 6.92 Å². The van der Waals surface area contributed by atoms with Crippen LogP contribution in [0.15, 0.2) is 41.6 Å². The number of methoxy groups -OCH3 is 1. The Bertz CT molecular complexity index is 1020. The monoisotopic (exact) mass is 446 g/mol. The number of hydrogen-bond donors (Lipinski definition) is 1. The lowest BCUT2D eigenvalue weighted by Gasteiger charge is -2.09. The van der Waals surface area contributed by atoms with E-state index in [1.807, 2.05) is 48.7 Å². The zero-order valence-corrected chi connectivity index (χ0v) is 18.5. The maximum atomic E-state index is 12.4. The molecule has 1 amide bonds. The fourth-order valence-electron chi connectivity index (χ4n) is 2.68. The van der Waals surface area contributed by atoms with Crippen LogP contribution in [0.5, 0.6) is 5.75 Å². The summed E-state index contributed by atoms with van der Waals surface area (Å²) in [5.74, 6) is 0.862. The van der Waals surface area contributed by atoms with E-state index in [4.69, 9.17) is 9.47 Å². The number of carbonyl (C=O) groups excluding carboxylic acids is 2. The van der Waals surface area contributed by atoms with E-state index in [9.17, 15) is 9.59 Å². The number of thioether (sulfide) groups is 1. The fourth-order valence-corrected chi connectivity index (χ4v) is 4.41. The van der Waals surface area contributed by atoms with Gasteiger partial charge in [0.25, 0.3) is 0 Å². The SMILES string of the molecule is CCn1c(COc2ccccc2)nnc1SCC(=O)Nc1sc(C)cc1C(=O)OC. The molecular weight excluding hydrogens is 424 g/mol. The van der Waals surface area contributed by atoms with Crippen LogP contribution in [0.25, 0.3) is 0 Å². The van der Waals surface area contributed by atoms with E-state index in [1.54, 1.807) is 6.07 Å². The third-order valence-electron chi connectivity index (χ3n) is 4.07. The summed E-state index contributed by atoms with van der Waals surface area (Å²) in [6.45, 7) is 4.79. The highest BCUT2D eigenvalue weighted by atomic mass is 32.2. The quantitative estimate of drug-likeness (QED) is 0.395. The van der Waals surface area contributed by atoms with Gasteiger partial charge in [0.1, 0.15) is 17.4 Å². The lowest BCUT2D eigenvalue weighted by Crippen LogP contribution is -2.16. The molecule has 1 aromatic carbocycles. The molecule has 0 aliphatic carbocycles. The average Bonchev–Trinajstić information content (AvgIpc) is 3.33. The largest absolute Gasteiger partial charge is 0.486 e. The molecule has 30 heavy (non-hydrogen) atoms. The number of amides is 1. The van der Waals surface area contributed by atoms with Crippen molar-refractivity contribution in [3.8, 4) is 5.75 Å². The number of aromatic nitrogens is 3. The van der Waals surface area contributed by atoms with E-state index in [-0.39, 0.29) is 18.3 Å². The van der Waals surface area contributed by atoms with Crippen molar-refractivity contribution in [1.82, 2.24) is 14.8 Å². The van der Waals surface area contributed by atoms with E-state index in [2.05, 4.69) is 15.5 Å². The predicted octanol–water partition coefficient (Wildman–Crippen LogP) is 3.76. The highest BCUT2D eigenvalue weighted by Crippen LogP contribution is 2.28. The minimum Gasteiger partial charge on any atom is -0.486 e. The minimum atomic E-state index is -0.476. The molecule has 1 N–H and O–H groups in total. The Morgan fingerprint density at radius 3 is 2.70 bits per heavy atom. The number of nitrogens with zero attached hydrogens (tertiary/aromatic N) is 3. The normalized spacial score (nSPS) is 10.6. The second-order valence-electron chi connectivity index (χ2n) is 6.17. The van der Waals surface area contributed by atoms with Gasteiger partial charge in [-0.3, -0.25) is 4.79 Å². The molecule has 0 aliphatic heterocycles. The number of carbonyl (C=O) groups is 2. The molecule has 0 atom stereocenters. The first kappa shape index (κ1) is 21.8. The third kappa shape index (κ3) is 5.39. The van der Waals surface area contributed by atoms with Crippen molar-refractivity contribution in [3.63, 3.8) is 0 Å². The summed E-state index contributed by atoms with van der Waals surface area (Å²) in [6.07, 6.45) is 0. The smallest absolute Gasteiger partial charge is 0.340 e. The van der Waals surface area contributed by atoms with Gasteiger partial charge in [0, 0.05) is 11.4 Å². The third-order valence-corrected chi connectivity index (χ3v) is 6.00. The number of thiophene rings is 1. The summed E-state index contributed by atoms with van der Waals surface area (Å²) >= 11 is 2.61. The number of rotatable bonds is 9. The molecule has 0 aliphatic rings. The van der Waals surface area contributed by atoms with Crippen molar-refractivity contribution in [2.75, 3.05) is 18.2 Å². The van der Waals surface area contributed by atoms with Crippen LogP contribution in [0.3, 0.4) is 0 Å². The molecule has 0 radical (unpaired) electrons. The first-order valence-electron chi connectivity index (χ1n) is 9.23. The van der Waals surface area contributed by atoms with Crippen molar-refractivity contribution in [1.29, 1.82) is 0 Å². The van der Waals surface area contributed by atoms with Gasteiger partial charge in [-0.05, 0) is 32.0 Å². The van der Waals surface area contributed by atoms with Crippen LogP contribution in [0.2, 0.25) is 0 Å². The second-order valence-corrected chi connectivity index (χ2v) is 8.37. The van der Waals surface area contributed by atoms with Crippen molar-refractivity contribution >= 4 is 40.0 Å². The lowest BCUT2D eigenvalue weighted by atomic mass is 10.3. The number of esters is 1. The van der Waals surface area contributed by atoms with Gasteiger partial charge in [0.2, 0.25) is 5.91 Å². The maximum Gasteiger partial charge on any atom is 0.340 e. The molecular formula is C20H22N4O4S2. The number of ether oxygens (including phenoxy) is 2. The number of aryl methyl sites for hydroxylation is 1. The summed E-state index contributed by atoms with van der Waals surface area (Å²) in [7, 11) is 1.31.